The van der Waals surface area contributed by atoms with E-state index in [-0.39, 0.29) is 12.1 Å². The van der Waals surface area contributed by atoms with Gasteiger partial charge < -0.3 is 15.5 Å². The third kappa shape index (κ3) is 2.93. The number of hydrogen-bond donors (Lipinski definition) is 3. The Morgan fingerprint density at radius 2 is 2.08 bits per heavy atom. The van der Waals surface area contributed by atoms with Crippen LogP contribution < -0.4 is 15.5 Å². The summed E-state index contributed by atoms with van der Waals surface area (Å²) in [6.07, 6.45) is 0.590. The molecule has 4 rings (SSSR count). The molecule has 132 valence electrons. The van der Waals surface area contributed by atoms with Gasteiger partial charge in [-0.05, 0) is 25.5 Å². The molecular formula is C18H20Cl2N3OS+. The van der Waals surface area contributed by atoms with E-state index in [1.54, 1.807) is 22.3 Å². The maximum absolute atomic E-state index is 12.8. The number of nitrogens with one attached hydrogen (secondary N) is 3. The number of carbonyl (C=O) groups excluding carboxylic acids is 1. The maximum atomic E-state index is 12.8. The summed E-state index contributed by atoms with van der Waals surface area (Å²) in [5, 5.41) is 8.39. The minimum absolute atomic E-state index is 0.0275. The number of amides is 1. The molecule has 1 amide bonds. The van der Waals surface area contributed by atoms with Gasteiger partial charge in [0, 0.05) is 12.0 Å². The molecule has 1 unspecified atom stereocenters. The average molecular weight is 397 g/mol. The first-order valence-electron chi connectivity index (χ1n) is 8.46. The molecule has 25 heavy (non-hydrogen) atoms. The molecule has 3 heterocycles. The van der Waals surface area contributed by atoms with Crippen molar-refractivity contribution in [2.24, 2.45) is 0 Å². The van der Waals surface area contributed by atoms with E-state index in [0.29, 0.717) is 16.1 Å². The lowest BCUT2D eigenvalue weighted by atomic mass is 9.99. The summed E-state index contributed by atoms with van der Waals surface area (Å²) in [4.78, 5) is 15.7. The lowest BCUT2D eigenvalue weighted by Gasteiger charge is -2.29. The quantitative estimate of drug-likeness (QED) is 0.729. The second kappa shape index (κ2) is 6.47. The van der Waals surface area contributed by atoms with Gasteiger partial charge in [0.15, 0.2) is 0 Å². The Hall–Kier alpha value is -1.27. The van der Waals surface area contributed by atoms with Crippen molar-refractivity contribution in [3.8, 4) is 0 Å². The third-order valence-corrected chi connectivity index (χ3v) is 7.06. The standard InChI is InChI=1S/C18H19Cl2N3OS/c1-9(2)23-7-6-10-13(8-23)25-18-14(10)17(24)21-16(22-18)11-4-3-5-12(19)15(11)20/h3-5,9,16,22H,6-8H2,1-2H3,(H,21,24)/p+1/t16-/m0/s1. The zero-order valence-electron chi connectivity index (χ0n) is 14.1. The molecule has 1 aromatic carbocycles. The molecule has 0 spiro atoms. The third-order valence-electron chi connectivity index (χ3n) is 5.06. The summed E-state index contributed by atoms with van der Waals surface area (Å²) < 4.78 is 0. The van der Waals surface area contributed by atoms with Crippen molar-refractivity contribution in [2.75, 3.05) is 11.9 Å². The van der Waals surface area contributed by atoms with Gasteiger partial charge in [-0.2, -0.15) is 0 Å². The summed E-state index contributed by atoms with van der Waals surface area (Å²) in [5.74, 6) is -0.0275. The normalized spacial score (nSPS) is 22.2. The Balaban J connectivity index is 1.68. The molecule has 7 heteroatoms. The van der Waals surface area contributed by atoms with Gasteiger partial charge in [0.1, 0.15) is 17.7 Å². The van der Waals surface area contributed by atoms with Gasteiger partial charge in [0.2, 0.25) is 0 Å². The molecule has 2 aromatic rings. The van der Waals surface area contributed by atoms with Crippen LogP contribution >= 0.6 is 34.5 Å². The van der Waals surface area contributed by atoms with E-state index in [1.807, 2.05) is 12.1 Å². The van der Waals surface area contributed by atoms with Crippen LogP contribution in [-0.4, -0.2) is 18.5 Å². The fourth-order valence-electron chi connectivity index (χ4n) is 3.60. The molecule has 1 aromatic heterocycles. The van der Waals surface area contributed by atoms with Gasteiger partial charge in [0.05, 0.1) is 33.1 Å². The van der Waals surface area contributed by atoms with Crippen molar-refractivity contribution in [3.63, 3.8) is 0 Å². The molecule has 2 aliphatic rings. The zero-order chi connectivity index (χ0) is 17.7. The van der Waals surface area contributed by atoms with E-state index in [4.69, 9.17) is 23.2 Å². The topological polar surface area (TPSA) is 45.6 Å². The molecule has 0 aliphatic carbocycles. The van der Waals surface area contributed by atoms with E-state index >= 15 is 0 Å². The second-order valence-corrected chi connectivity index (χ2v) is 8.78. The predicted molar refractivity (Wildman–Crippen MR) is 103 cm³/mol. The maximum Gasteiger partial charge on any atom is 0.256 e. The number of fused-ring (bicyclic) bond motifs is 3. The molecule has 3 N–H and O–H groups in total. The van der Waals surface area contributed by atoms with Crippen LogP contribution in [0.1, 0.15) is 46.4 Å². The number of thiophene rings is 1. The fourth-order valence-corrected chi connectivity index (χ4v) is 5.35. The van der Waals surface area contributed by atoms with E-state index in [2.05, 4.69) is 24.5 Å². The summed E-state index contributed by atoms with van der Waals surface area (Å²) in [5.41, 5.74) is 2.82. The number of halogens is 2. The van der Waals surface area contributed by atoms with Gasteiger partial charge in [-0.3, -0.25) is 4.79 Å². The molecule has 2 aliphatic heterocycles. The van der Waals surface area contributed by atoms with E-state index in [0.717, 1.165) is 35.6 Å². The molecule has 2 atom stereocenters. The number of benzene rings is 1. The van der Waals surface area contributed by atoms with Crippen LogP contribution in [0.3, 0.4) is 0 Å². The molecule has 0 saturated carbocycles. The first-order chi connectivity index (χ1) is 12.0. The van der Waals surface area contributed by atoms with Crippen molar-refractivity contribution < 1.29 is 9.69 Å². The summed E-state index contributed by atoms with van der Waals surface area (Å²) in [6, 6.07) is 6.06. The van der Waals surface area contributed by atoms with E-state index in [1.165, 1.54) is 10.4 Å². The van der Waals surface area contributed by atoms with Crippen LogP contribution in [0.5, 0.6) is 0 Å². The van der Waals surface area contributed by atoms with Crippen LogP contribution in [0.2, 0.25) is 10.0 Å². The Morgan fingerprint density at radius 3 is 2.84 bits per heavy atom. The van der Waals surface area contributed by atoms with E-state index in [9.17, 15) is 4.79 Å². The number of carbonyl (C=O) groups is 1. The van der Waals surface area contributed by atoms with E-state index < -0.39 is 0 Å². The summed E-state index contributed by atoms with van der Waals surface area (Å²) in [6.45, 7) is 6.55. The Kier molecular flexibility index (Phi) is 4.44. The minimum atomic E-state index is -0.361. The highest BCUT2D eigenvalue weighted by molar-refractivity contribution is 7.16. The highest BCUT2D eigenvalue weighted by Crippen LogP contribution is 2.40. The van der Waals surface area contributed by atoms with Gasteiger partial charge in [0.25, 0.3) is 5.91 Å². The highest BCUT2D eigenvalue weighted by Gasteiger charge is 2.35. The van der Waals surface area contributed by atoms with Crippen molar-refractivity contribution in [1.82, 2.24) is 5.32 Å². The van der Waals surface area contributed by atoms with Crippen LogP contribution in [0.25, 0.3) is 0 Å². The Morgan fingerprint density at radius 1 is 1.28 bits per heavy atom. The van der Waals surface area contributed by atoms with Gasteiger partial charge in [-0.15, -0.1) is 11.3 Å². The van der Waals surface area contributed by atoms with Crippen molar-refractivity contribution in [1.29, 1.82) is 0 Å². The molecule has 0 fully saturated rings. The van der Waals surface area contributed by atoms with Gasteiger partial charge in [-0.1, -0.05) is 35.3 Å². The lowest BCUT2D eigenvalue weighted by Crippen LogP contribution is -3.14. The predicted octanol–water partition coefficient (Wildman–Crippen LogP) is 3.26. The largest absolute Gasteiger partial charge is 0.353 e. The Bertz CT molecular complexity index is 849. The average Bonchev–Trinajstić information content (AvgIpc) is 2.95. The van der Waals surface area contributed by atoms with Crippen LogP contribution in [0.4, 0.5) is 5.00 Å². The number of hydrogen-bond acceptors (Lipinski definition) is 3. The fraction of sp³-hybridized carbons (Fsp3) is 0.389. The molecule has 0 bridgehead atoms. The van der Waals surface area contributed by atoms with Gasteiger partial charge in [-0.25, -0.2) is 0 Å². The minimum Gasteiger partial charge on any atom is -0.353 e. The monoisotopic (exact) mass is 396 g/mol. The van der Waals surface area contributed by atoms with Crippen LogP contribution in [-0.2, 0) is 13.0 Å². The Labute approximate surface area is 161 Å². The van der Waals surface area contributed by atoms with Crippen LogP contribution in [0, 0.1) is 0 Å². The number of quaternary nitrogens is 1. The zero-order valence-corrected chi connectivity index (χ0v) is 16.4. The lowest BCUT2D eigenvalue weighted by molar-refractivity contribution is -0.936. The summed E-state index contributed by atoms with van der Waals surface area (Å²) >= 11 is 14.2. The van der Waals surface area contributed by atoms with Gasteiger partial charge >= 0.3 is 0 Å². The molecular weight excluding hydrogens is 377 g/mol. The first-order valence-corrected chi connectivity index (χ1v) is 10.0. The van der Waals surface area contributed by atoms with Crippen molar-refractivity contribution in [3.05, 3.63) is 49.8 Å². The molecule has 0 radical (unpaired) electrons. The molecule has 4 nitrogen and oxygen atoms in total. The molecule has 0 saturated heterocycles. The number of anilines is 1. The number of rotatable bonds is 2. The second-order valence-electron chi connectivity index (χ2n) is 6.89. The summed E-state index contributed by atoms with van der Waals surface area (Å²) in [7, 11) is 0. The van der Waals surface area contributed by atoms with Crippen molar-refractivity contribution >= 4 is 45.4 Å². The SMILES string of the molecule is CC(C)[NH+]1CCc2c(sc3c2C(=O)N[C@H](c2cccc(Cl)c2Cl)N3)C1. The first kappa shape index (κ1) is 17.2. The smallest absolute Gasteiger partial charge is 0.256 e. The van der Waals surface area contributed by atoms with Crippen molar-refractivity contribution in [2.45, 2.75) is 39.0 Å². The highest BCUT2D eigenvalue weighted by atomic mass is 35.5. The van der Waals surface area contributed by atoms with Crippen LogP contribution in [0.15, 0.2) is 18.2 Å².